The van der Waals surface area contributed by atoms with Gasteiger partial charge in [-0.3, -0.25) is 9.59 Å². The third-order valence-corrected chi connectivity index (χ3v) is 5.80. The minimum Gasteiger partial charge on any atom is -0.481 e. The van der Waals surface area contributed by atoms with Crippen LogP contribution in [0.25, 0.3) is 0 Å². The van der Waals surface area contributed by atoms with E-state index in [1.807, 2.05) is 9.80 Å². The van der Waals surface area contributed by atoms with Gasteiger partial charge in [-0.25, -0.2) is 0 Å². The molecule has 1 aliphatic heterocycles. The summed E-state index contributed by atoms with van der Waals surface area (Å²) >= 11 is 5.88. The number of nitrogens with zero attached hydrogens (tertiary/aromatic N) is 2. The number of carbonyl (C=O) groups excluding carboxylic acids is 2. The Hall–Kier alpha value is -1.75. The van der Waals surface area contributed by atoms with Crippen molar-refractivity contribution in [1.82, 2.24) is 9.80 Å². The van der Waals surface area contributed by atoms with Gasteiger partial charge in [0, 0.05) is 37.1 Å². The van der Waals surface area contributed by atoms with Gasteiger partial charge in [-0.15, -0.1) is 0 Å². The molecule has 0 aromatic heterocycles. The Morgan fingerprint density at radius 2 is 1.59 bits per heavy atom. The molecule has 1 saturated heterocycles. The first-order chi connectivity index (χ1) is 13.0. The summed E-state index contributed by atoms with van der Waals surface area (Å²) in [4.78, 5) is 29.3. The van der Waals surface area contributed by atoms with Crippen LogP contribution < -0.4 is 4.74 Å². The Kier molecular flexibility index (Phi) is 7.00. The maximum Gasteiger partial charge on any atom is 0.263 e. The van der Waals surface area contributed by atoms with Gasteiger partial charge in [0.1, 0.15) is 5.75 Å². The number of ether oxygens (including phenoxy) is 1. The van der Waals surface area contributed by atoms with E-state index < -0.39 is 6.10 Å². The Bertz CT molecular complexity index is 643. The lowest BCUT2D eigenvalue weighted by atomic mass is 9.88. The van der Waals surface area contributed by atoms with Crippen molar-refractivity contribution in [3.63, 3.8) is 0 Å². The second-order valence-electron chi connectivity index (χ2n) is 7.55. The lowest BCUT2D eigenvalue weighted by Crippen LogP contribution is -2.43. The molecule has 1 aromatic carbocycles. The lowest BCUT2D eigenvalue weighted by molar-refractivity contribution is -0.139. The average Bonchev–Trinajstić information content (AvgIpc) is 2.95. The van der Waals surface area contributed by atoms with Gasteiger partial charge in [0.2, 0.25) is 5.91 Å². The van der Waals surface area contributed by atoms with Crippen molar-refractivity contribution in [2.75, 3.05) is 26.2 Å². The number of carbonyl (C=O) groups is 2. The highest BCUT2D eigenvalue weighted by atomic mass is 35.5. The molecule has 1 atom stereocenters. The van der Waals surface area contributed by atoms with Crippen LogP contribution in [0.15, 0.2) is 24.3 Å². The van der Waals surface area contributed by atoms with E-state index >= 15 is 0 Å². The van der Waals surface area contributed by atoms with Gasteiger partial charge < -0.3 is 14.5 Å². The van der Waals surface area contributed by atoms with Crippen molar-refractivity contribution >= 4 is 23.4 Å². The fourth-order valence-corrected chi connectivity index (χ4v) is 4.12. The van der Waals surface area contributed by atoms with Crippen LogP contribution in [0.5, 0.6) is 5.75 Å². The number of halogens is 1. The third kappa shape index (κ3) is 5.38. The van der Waals surface area contributed by atoms with Gasteiger partial charge in [0.05, 0.1) is 0 Å². The molecule has 6 heteroatoms. The SMILES string of the molecule is CC(Oc1ccc(Cl)cc1)C(=O)N1CCCN(C(=O)C2CCCCC2)CC1. The molecule has 5 nitrogen and oxygen atoms in total. The van der Waals surface area contributed by atoms with Crippen molar-refractivity contribution in [2.24, 2.45) is 5.92 Å². The molecule has 27 heavy (non-hydrogen) atoms. The van der Waals surface area contributed by atoms with Crippen LogP contribution in [0.1, 0.15) is 45.4 Å². The summed E-state index contributed by atoms with van der Waals surface area (Å²) in [7, 11) is 0. The van der Waals surface area contributed by atoms with E-state index in [1.54, 1.807) is 31.2 Å². The monoisotopic (exact) mass is 392 g/mol. The molecule has 2 fully saturated rings. The molecule has 148 valence electrons. The highest BCUT2D eigenvalue weighted by Crippen LogP contribution is 2.26. The second-order valence-corrected chi connectivity index (χ2v) is 7.99. The van der Waals surface area contributed by atoms with E-state index in [4.69, 9.17) is 16.3 Å². The van der Waals surface area contributed by atoms with Gasteiger partial charge in [-0.1, -0.05) is 30.9 Å². The van der Waals surface area contributed by atoms with Crippen LogP contribution in [0.2, 0.25) is 5.02 Å². The largest absolute Gasteiger partial charge is 0.481 e. The van der Waals surface area contributed by atoms with Gasteiger partial charge in [0.25, 0.3) is 5.91 Å². The van der Waals surface area contributed by atoms with Gasteiger partial charge in [-0.2, -0.15) is 0 Å². The van der Waals surface area contributed by atoms with Crippen molar-refractivity contribution in [2.45, 2.75) is 51.6 Å². The van der Waals surface area contributed by atoms with E-state index in [9.17, 15) is 9.59 Å². The quantitative estimate of drug-likeness (QED) is 0.784. The van der Waals surface area contributed by atoms with E-state index in [1.165, 1.54) is 6.42 Å². The summed E-state index contributed by atoms with van der Waals surface area (Å²) in [5.74, 6) is 1.07. The van der Waals surface area contributed by atoms with E-state index in [0.29, 0.717) is 30.4 Å². The molecular formula is C21H29ClN2O3. The predicted molar refractivity (Wildman–Crippen MR) is 106 cm³/mol. The zero-order valence-corrected chi connectivity index (χ0v) is 16.8. The van der Waals surface area contributed by atoms with Crippen LogP contribution in [0.3, 0.4) is 0 Å². The predicted octanol–water partition coefficient (Wildman–Crippen LogP) is 3.75. The molecule has 2 amide bonds. The normalized spacial score (nSPS) is 20.1. The minimum atomic E-state index is -0.563. The molecule has 3 rings (SSSR count). The van der Waals surface area contributed by atoms with E-state index in [2.05, 4.69) is 0 Å². The standard InChI is InChI=1S/C21H29ClN2O3/c1-16(27-19-10-8-18(22)9-11-19)20(25)23-12-5-13-24(15-14-23)21(26)17-6-3-2-4-7-17/h8-11,16-17H,2-7,12-15H2,1H3. The fraction of sp³-hybridized carbons (Fsp3) is 0.619. The van der Waals surface area contributed by atoms with E-state index in [0.717, 1.165) is 38.6 Å². The first kappa shape index (κ1) is 20.0. The topological polar surface area (TPSA) is 49.9 Å². The van der Waals surface area contributed by atoms with Crippen LogP contribution in [-0.2, 0) is 9.59 Å². The van der Waals surface area contributed by atoms with Crippen molar-refractivity contribution < 1.29 is 14.3 Å². The van der Waals surface area contributed by atoms with Crippen molar-refractivity contribution in [1.29, 1.82) is 0 Å². The third-order valence-electron chi connectivity index (χ3n) is 5.55. The summed E-state index contributed by atoms with van der Waals surface area (Å²) in [5.41, 5.74) is 0. The molecule has 1 aromatic rings. The van der Waals surface area contributed by atoms with Gasteiger partial charge >= 0.3 is 0 Å². The number of hydrogen-bond acceptors (Lipinski definition) is 3. The summed E-state index contributed by atoms with van der Waals surface area (Å²) in [6.07, 6.45) is 5.86. The van der Waals surface area contributed by atoms with Crippen molar-refractivity contribution in [3.05, 3.63) is 29.3 Å². The number of hydrogen-bond donors (Lipinski definition) is 0. The first-order valence-corrected chi connectivity index (χ1v) is 10.4. The average molecular weight is 393 g/mol. The Morgan fingerprint density at radius 3 is 2.30 bits per heavy atom. The number of rotatable bonds is 4. The van der Waals surface area contributed by atoms with Gasteiger partial charge in [0.15, 0.2) is 6.10 Å². The van der Waals surface area contributed by atoms with Crippen LogP contribution in [-0.4, -0.2) is 53.9 Å². The summed E-state index contributed by atoms with van der Waals surface area (Å²) < 4.78 is 5.76. The zero-order valence-electron chi connectivity index (χ0n) is 16.0. The molecule has 0 N–H and O–H groups in total. The maximum absolute atomic E-state index is 12.8. The molecule has 1 unspecified atom stereocenters. The Balaban J connectivity index is 1.52. The van der Waals surface area contributed by atoms with Crippen LogP contribution in [0, 0.1) is 5.92 Å². The van der Waals surface area contributed by atoms with Crippen LogP contribution >= 0.6 is 11.6 Å². The molecule has 0 spiro atoms. The highest BCUT2D eigenvalue weighted by Gasteiger charge is 2.29. The Morgan fingerprint density at radius 1 is 0.963 bits per heavy atom. The summed E-state index contributed by atoms with van der Waals surface area (Å²) in [6.45, 7) is 4.38. The van der Waals surface area contributed by atoms with Gasteiger partial charge in [-0.05, 0) is 50.5 Å². The molecule has 1 saturated carbocycles. The second kappa shape index (κ2) is 9.45. The van der Waals surface area contributed by atoms with E-state index in [-0.39, 0.29) is 17.7 Å². The smallest absolute Gasteiger partial charge is 0.263 e. The maximum atomic E-state index is 12.8. The first-order valence-electron chi connectivity index (χ1n) is 10.0. The zero-order chi connectivity index (χ0) is 19.2. The minimum absolute atomic E-state index is 0.0306. The number of benzene rings is 1. The summed E-state index contributed by atoms with van der Waals surface area (Å²) in [5, 5.41) is 0.636. The van der Waals surface area contributed by atoms with Crippen molar-refractivity contribution in [3.8, 4) is 5.75 Å². The van der Waals surface area contributed by atoms with Crippen LogP contribution in [0.4, 0.5) is 0 Å². The molecule has 0 bridgehead atoms. The molecule has 2 aliphatic rings. The lowest BCUT2D eigenvalue weighted by Gasteiger charge is -2.28. The summed E-state index contributed by atoms with van der Waals surface area (Å²) in [6, 6.07) is 7.02. The number of amides is 2. The highest BCUT2D eigenvalue weighted by molar-refractivity contribution is 6.30. The molecular weight excluding hydrogens is 364 g/mol. The fourth-order valence-electron chi connectivity index (χ4n) is 3.99. The molecule has 0 radical (unpaired) electrons. The Labute approximate surface area is 166 Å². The molecule has 1 heterocycles. The molecule has 1 aliphatic carbocycles.